The molecule has 1 aliphatic carbocycles. The summed E-state index contributed by atoms with van der Waals surface area (Å²) in [6.07, 6.45) is 3.15. The number of nitrogens with two attached hydrogens (primary N) is 1. The van der Waals surface area contributed by atoms with Crippen molar-refractivity contribution in [2.45, 2.75) is 38.1 Å². The number of benzene rings is 1. The fourth-order valence-electron chi connectivity index (χ4n) is 2.98. The summed E-state index contributed by atoms with van der Waals surface area (Å²) < 4.78 is 0. The maximum atomic E-state index is 12.6. The van der Waals surface area contributed by atoms with Crippen LogP contribution in [0.4, 0.5) is 5.69 Å². The van der Waals surface area contributed by atoms with Gasteiger partial charge in [0.15, 0.2) is 0 Å². The van der Waals surface area contributed by atoms with Crippen molar-refractivity contribution in [3.05, 3.63) is 51.7 Å². The lowest BCUT2D eigenvalue weighted by atomic mass is 9.87. The van der Waals surface area contributed by atoms with Crippen molar-refractivity contribution in [1.29, 1.82) is 0 Å². The van der Waals surface area contributed by atoms with Gasteiger partial charge in [-0.3, -0.25) is 4.79 Å². The molecule has 2 aromatic rings. The van der Waals surface area contributed by atoms with Crippen LogP contribution in [0.1, 0.15) is 47.7 Å². The van der Waals surface area contributed by atoms with Crippen LogP contribution >= 0.6 is 11.3 Å². The van der Waals surface area contributed by atoms with E-state index in [-0.39, 0.29) is 17.9 Å². The van der Waals surface area contributed by atoms with Gasteiger partial charge in [-0.05, 0) is 60.9 Å². The first kappa shape index (κ1) is 14.1. The molecule has 1 aromatic heterocycles. The molecule has 0 saturated carbocycles. The number of hydrogen-bond donors (Lipinski definition) is 2. The fourth-order valence-corrected chi connectivity index (χ4v) is 3.97. The average Bonchev–Trinajstić information content (AvgIpc) is 2.95. The number of carbonyl (C=O) groups excluding carboxylic acids is 1. The number of anilines is 1. The standard InChI is InChI=1S/C17H20N2OS/c1-11(12-4-2-5-13(18)10-12)19-17(20)15-6-3-7-16-14(15)8-9-21-16/h2,4-5,8-11,15H,3,6-7,18H2,1H3,(H,19,20). The Labute approximate surface area is 129 Å². The van der Waals surface area contributed by atoms with Gasteiger partial charge < -0.3 is 11.1 Å². The Hall–Kier alpha value is -1.81. The molecule has 0 bridgehead atoms. The molecule has 3 nitrogen and oxygen atoms in total. The van der Waals surface area contributed by atoms with Gasteiger partial charge in [0.05, 0.1) is 12.0 Å². The molecular weight excluding hydrogens is 280 g/mol. The molecule has 0 aliphatic heterocycles. The molecule has 1 aliphatic rings. The molecule has 1 heterocycles. The Bertz CT molecular complexity index is 650. The third kappa shape index (κ3) is 2.95. The molecule has 2 atom stereocenters. The minimum atomic E-state index is -0.0231. The third-order valence-electron chi connectivity index (χ3n) is 4.14. The van der Waals surface area contributed by atoms with E-state index in [2.05, 4.69) is 16.8 Å². The summed E-state index contributed by atoms with van der Waals surface area (Å²) in [6, 6.07) is 9.78. The monoisotopic (exact) mass is 300 g/mol. The molecule has 0 spiro atoms. The van der Waals surface area contributed by atoms with E-state index in [1.165, 1.54) is 10.4 Å². The van der Waals surface area contributed by atoms with E-state index in [1.807, 2.05) is 31.2 Å². The second kappa shape index (κ2) is 5.90. The lowest BCUT2D eigenvalue weighted by Crippen LogP contribution is -2.33. The zero-order chi connectivity index (χ0) is 14.8. The number of hydrogen-bond acceptors (Lipinski definition) is 3. The Morgan fingerprint density at radius 2 is 2.29 bits per heavy atom. The zero-order valence-corrected chi connectivity index (χ0v) is 13.0. The Morgan fingerprint density at radius 3 is 3.10 bits per heavy atom. The highest BCUT2D eigenvalue weighted by Crippen LogP contribution is 2.35. The van der Waals surface area contributed by atoms with Gasteiger partial charge in [-0.2, -0.15) is 0 Å². The second-order valence-corrected chi connectivity index (χ2v) is 6.64. The second-order valence-electron chi connectivity index (χ2n) is 5.64. The summed E-state index contributed by atoms with van der Waals surface area (Å²) >= 11 is 1.77. The van der Waals surface area contributed by atoms with Gasteiger partial charge in [0.25, 0.3) is 0 Å². The first-order valence-electron chi connectivity index (χ1n) is 7.37. The Morgan fingerprint density at radius 1 is 1.43 bits per heavy atom. The molecule has 3 rings (SSSR count). The minimum absolute atomic E-state index is 0.00325. The molecule has 2 unspecified atom stereocenters. The van der Waals surface area contributed by atoms with Crippen LogP contribution in [0.2, 0.25) is 0 Å². The van der Waals surface area contributed by atoms with Gasteiger partial charge in [-0.15, -0.1) is 11.3 Å². The summed E-state index contributed by atoms with van der Waals surface area (Å²) in [4.78, 5) is 14.0. The first-order valence-corrected chi connectivity index (χ1v) is 8.25. The van der Waals surface area contributed by atoms with E-state index in [9.17, 15) is 4.79 Å². The lowest BCUT2D eigenvalue weighted by molar-refractivity contribution is -0.123. The summed E-state index contributed by atoms with van der Waals surface area (Å²) in [7, 11) is 0. The molecular formula is C17H20N2OS. The van der Waals surface area contributed by atoms with Gasteiger partial charge in [0.1, 0.15) is 0 Å². The molecule has 0 fully saturated rings. The van der Waals surface area contributed by atoms with Crippen LogP contribution in [0.5, 0.6) is 0 Å². The van der Waals surface area contributed by atoms with Crippen molar-refractivity contribution in [2.24, 2.45) is 0 Å². The molecule has 1 aromatic carbocycles. The molecule has 21 heavy (non-hydrogen) atoms. The van der Waals surface area contributed by atoms with Crippen molar-refractivity contribution in [1.82, 2.24) is 5.32 Å². The average molecular weight is 300 g/mol. The third-order valence-corrected chi connectivity index (χ3v) is 5.13. The van der Waals surface area contributed by atoms with E-state index in [4.69, 9.17) is 5.73 Å². The SMILES string of the molecule is CC(NC(=O)C1CCCc2sccc21)c1cccc(N)c1. The van der Waals surface area contributed by atoms with Crippen LogP contribution in [0, 0.1) is 0 Å². The summed E-state index contributed by atoms with van der Waals surface area (Å²) in [5.41, 5.74) is 8.81. The lowest BCUT2D eigenvalue weighted by Gasteiger charge is -2.24. The fraction of sp³-hybridized carbons (Fsp3) is 0.353. The molecule has 3 N–H and O–H groups in total. The van der Waals surface area contributed by atoms with Gasteiger partial charge in [-0.1, -0.05) is 12.1 Å². The normalized spacial score (nSPS) is 18.8. The maximum absolute atomic E-state index is 12.6. The van der Waals surface area contributed by atoms with E-state index < -0.39 is 0 Å². The Kier molecular flexibility index (Phi) is 3.97. The molecule has 0 radical (unpaired) electrons. The van der Waals surface area contributed by atoms with Crippen LogP contribution in [-0.4, -0.2) is 5.91 Å². The predicted octanol–water partition coefficient (Wildman–Crippen LogP) is 3.63. The van der Waals surface area contributed by atoms with Crippen molar-refractivity contribution in [3.8, 4) is 0 Å². The summed E-state index contributed by atoms with van der Waals surface area (Å²) in [5.74, 6) is 0.132. The van der Waals surface area contributed by atoms with Crippen LogP contribution < -0.4 is 11.1 Å². The van der Waals surface area contributed by atoms with E-state index in [0.29, 0.717) is 0 Å². The smallest absolute Gasteiger partial charge is 0.228 e. The Balaban J connectivity index is 1.73. The number of aryl methyl sites for hydroxylation is 1. The van der Waals surface area contributed by atoms with Crippen molar-refractivity contribution in [3.63, 3.8) is 0 Å². The van der Waals surface area contributed by atoms with E-state index >= 15 is 0 Å². The number of rotatable bonds is 3. The number of nitrogens with one attached hydrogen (secondary N) is 1. The van der Waals surface area contributed by atoms with Gasteiger partial charge in [-0.25, -0.2) is 0 Å². The highest BCUT2D eigenvalue weighted by molar-refractivity contribution is 7.10. The number of carbonyl (C=O) groups is 1. The number of thiophene rings is 1. The van der Waals surface area contributed by atoms with Gasteiger partial charge in [0.2, 0.25) is 5.91 Å². The molecule has 4 heteroatoms. The number of fused-ring (bicyclic) bond motifs is 1. The molecule has 110 valence electrons. The summed E-state index contributed by atoms with van der Waals surface area (Å²) in [5, 5.41) is 5.23. The highest BCUT2D eigenvalue weighted by atomic mass is 32.1. The van der Waals surface area contributed by atoms with Crippen LogP contribution in [0.25, 0.3) is 0 Å². The summed E-state index contributed by atoms with van der Waals surface area (Å²) in [6.45, 7) is 2.00. The van der Waals surface area contributed by atoms with Crippen LogP contribution in [0.15, 0.2) is 35.7 Å². The van der Waals surface area contributed by atoms with Crippen molar-refractivity contribution >= 4 is 22.9 Å². The number of amides is 1. The quantitative estimate of drug-likeness (QED) is 0.851. The van der Waals surface area contributed by atoms with Crippen LogP contribution in [-0.2, 0) is 11.2 Å². The topological polar surface area (TPSA) is 55.1 Å². The van der Waals surface area contributed by atoms with Crippen LogP contribution in [0.3, 0.4) is 0 Å². The maximum Gasteiger partial charge on any atom is 0.228 e. The van der Waals surface area contributed by atoms with Gasteiger partial charge >= 0.3 is 0 Å². The molecule has 1 amide bonds. The van der Waals surface area contributed by atoms with E-state index in [1.54, 1.807) is 11.3 Å². The van der Waals surface area contributed by atoms with Gasteiger partial charge in [0, 0.05) is 10.6 Å². The van der Waals surface area contributed by atoms with Crippen molar-refractivity contribution < 1.29 is 4.79 Å². The predicted molar refractivity (Wildman–Crippen MR) is 87.4 cm³/mol. The van der Waals surface area contributed by atoms with E-state index in [0.717, 1.165) is 30.5 Å². The first-order chi connectivity index (χ1) is 10.1. The number of nitrogen functional groups attached to an aromatic ring is 1. The minimum Gasteiger partial charge on any atom is -0.399 e. The zero-order valence-electron chi connectivity index (χ0n) is 12.1. The molecule has 0 saturated heterocycles. The van der Waals surface area contributed by atoms with Crippen molar-refractivity contribution in [2.75, 3.05) is 5.73 Å². The highest BCUT2D eigenvalue weighted by Gasteiger charge is 2.28. The largest absolute Gasteiger partial charge is 0.399 e.